The summed E-state index contributed by atoms with van der Waals surface area (Å²) in [5, 5.41) is 23.3. The molecule has 0 saturated heterocycles. The van der Waals surface area contributed by atoms with Crippen LogP contribution in [-0.4, -0.2) is 46.6 Å². The van der Waals surface area contributed by atoms with Gasteiger partial charge in [-0.25, -0.2) is 9.97 Å². The second-order valence-corrected chi connectivity index (χ2v) is 9.65. The number of nitrogens with zero attached hydrogens (tertiary/aromatic N) is 3. The van der Waals surface area contributed by atoms with Gasteiger partial charge < -0.3 is 26.0 Å². The van der Waals surface area contributed by atoms with Gasteiger partial charge in [0.05, 0.1) is 5.56 Å². The first-order chi connectivity index (χ1) is 16.3. The van der Waals surface area contributed by atoms with Crippen molar-refractivity contribution in [2.24, 2.45) is 5.73 Å². The van der Waals surface area contributed by atoms with Crippen molar-refractivity contribution in [3.8, 4) is 11.4 Å². The molecule has 0 aliphatic carbocycles. The average Bonchev–Trinajstić information content (AvgIpc) is 3.36. The first kappa shape index (κ1) is 22.3. The number of thiophene rings is 1. The predicted molar refractivity (Wildman–Crippen MR) is 137 cm³/mol. The van der Waals surface area contributed by atoms with Crippen molar-refractivity contribution in [1.29, 1.82) is 0 Å². The number of benzene rings is 2. The number of nitrogens with one attached hydrogen (secondary N) is 1. The molecule has 0 radical (unpaired) electrons. The van der Waals surface area contributed by atoms with Gasteiger partial charge in [0.25, 0.3) is 0 Å². The first-order valence-corrected chi connectivity index (χ1v) is 11.8. The monoisotopic (exact) mass is 473 g/mol. The maximum atomic E-state index is 12.0. The number of carbonyl (C=O) groups is 1. The molecule has 0 bridgehead atoms. The molecule has 0 atom stereocenters. The smallest absolute Gasteiger partial charge is 0.423 e. The number of fused-ring (bicyclic) bond motifs is 2. The molecular formula is C24H24BN5O3S. The molecule has 0 saturated carbocycles. The molecule has 0 fully saturated rings. The summed E-state index contributed by atoms with van der Waals surface area (Å²) in [7, 11) is 0.506. The summed E-state index contributed by atoms with van der Waals surface area (Å²) in [6.45, 7) is 3.33. The van der Waals surface area contributed by atoms with E-state index in [0.717, 1.165) is 56.3 Å². The molecule has 10 heteroatoms. The zero-order valence-corrected chi connectivity index (χ0v) is 19.7. The van der Waals surface area contributed by atoms with Crippen LogP contribution in [0.2, 0.25) is 0 Å². The molecule has 1 aliphatic rings. The van der Waals surface area contributed by atoms with E-state index in [2.05, 4.69) is 10.2 Å². The van der Waals surface area contributed by atoms with Gasteiger partial charge in [-0.15, -0.1) is 11.3 Å². The van der Waals surface area contributed by atoms with Crippen molar-refractivity contribution >= 4 is 51.5 Å². The van der Waals surface area contributed by atoms with Gasteiger partial charge in [-0.05, 0) is 30.4 Å². The number of rotatable bonds is 6. The Kier molecular flexibility index (Phi) is 5.72. The van der Waals surface area contributed by atoms with E-state index in [4.69, 9.17) is 15.7 Å². The van der Waals surface area contributed by atoms with Gasteiger partial charge in [-0.3, -0.25) is 4.79 Å². The quantitative estimate of drug-likeness (QED) is 0.316. The number of carbonyl (C=O) groups excluding carboxylic acids is 1. The average molecular weight is 473 g/mol. The SMILES string of the molecule is Cc1sc2c(C(N)=O)cccc2c1-c1nc(NCc2cccc(B(O)O)c2)c2c(n1)N(C)CC2. The Balaban J connectivity index is 1.58. The highest BCUT2D eigenvalue weighted by atomic mass is 32.1. The molecule has 0 spiro atoms. The molecule has 2 aromatic heterocycles. The van der Waals surface area contributed by atoms with Crippen LogP contribution in [0.1, 0.15) is 26.4 Å². The molecule has 5 rings (SSSR count). The minimum absolute atomic E-state index is 0.443. The number of likely N-dealkylation sites (N-methyl/N-ethyl adjacent to an activating group) is 1. The van der Waals surface area contributed by atoms with Crippen LogP contribution < -0.4 is 21.4 Å². The largest absolute Gasteiger partial charge is 0.488 e. The van der Waals surface area contributed by atoms with Gasteiger partial charge in [0.1, 0.15) is 11.6 Å². The Bertz CT molecular complexity index is 1420. The molecule has 5 N–H and O–H groups in total. The Morgan fingerprint density at radius 3 is 2.79 bits per heavy atom. The number of nitrogens with two attached hydrogens (primary N) is 1. The van der Waals surface area contributed by atoms with E-state index in [0.29, 0.717) is 23.4 Å². The minimum atomic E-state index is -1.51. The standard InChI is InChI=1S/C24H24BN5O3S/c1-13-19(16-7-4-8-17(21(26)31)20(16)34-13)23-28-22(18-9-10-30(2)24(18)29-23)27-12-14-5-3-6-15(11-14)25(32)33/h3-8,11,32-33H,9-10,12H2,1-2H3,(H2,26,31)(H,27,28,29). The van der Waals surface area contributed by atoms with E-state index in [1.54, 1.807) is 24.3 Å². The van der Waals surface area contributed by atoms with Crippen molar-refractivity contribution in [2.75, 3.05) is 23.8 Å². The number of primary amides is 1. The molecule has 0 unspecified atom stereocenters. The Morgan fingerprint density at radius 2 is 2.03 bits per heavy atom. The Labute approximate surface area is 201 Å². The first-order valence-electron chi connectivity index (χ1n) is 11.0. The van der Waals surface area contributed by atoms with E-state index < -0.39 is 13.0 Å². The summed E-state index contributed by atoms with van der Waals surface area (Å²) in [4.78, 5) is 24.9. The highest BCUT2D eigenvalue weighted by molar-refractivity contribution is 7.20. The summed E-state index contributed by atoms with van der Waals surface area (Å²) in [5.41, 5.74) is 9.42. The summed E-state index contributed by atoms with van der Waals surface area (Å²) in [6.07, 6.45) is 0.832. The number of hydrogen-bond donors (Lipinski definition) is 4. The van der Waals surface area contributed by atoms with Crippen LogP contribution in [0, 0.1) is 6.92 Å². The van der Waals surface area contributed by atoms with Crippen LogP contribution in [0.4, 0.5) is 11.6 Å². The predicted octanol–water partition coefficient (Wildman–Crippen LogP) is 2.05. The molecule has 8 nitrogen and oxygen atoms in total. The van der Waals surface area contributed by atoms with Crippen LogP contribution >= 0.6 is 11.3 Å². The fourth-order valence-corrected chi connectivity index (χ4v) is 5.59. The van der Waals surface area contributed by atoms with Crippen LogP contribution in [0.3, 0.4) is 0 Å². The van der Waals surface area contributed by atoms with E-state index in [1.165, 1.54) is 11.3 Å². The van der Waals surface area contributed by atoms with Crippen LogP contribution in [0.15, 0.2) is 42.5 Å². The lowest BCUT2D eigenvalue weighted by atomic mass is 9.79. The second kappa shape index (κ2) is 8.71. The normalized spacial score (nSPS) is 12.8. The molecule has 172 valence electrons. The zero-order valence-electron chi connectivity index (χ0n) is 18.9. The molecule has 34 heavy (non-hydrogen) atoms. The fourth-order valence-electron chi connectivity index (χ4n) is 4.42. The van der Waals surface area contributed by atoms with Gasteiger partial charge in [-0.2, -0.15) is 0 Å². The van der Waals surface area contributed by atoms with Gasteiger partial charge in [-0.1, -0.05) is 36.4 Å². The maximum absolute atomic E-state index is 12.0. The van der Waals surface area contributed by atoms with E-state index in [-0.39, 0.29) is 0 Å². The van der Waals surface area contributed by atoms with Crippen molar-refractivity contribution in [3.05, 3.63) is 64.0 Å². The topological polar surface area (TPSA) is 125 Å². The molecule has 2 aromatic carbocycles. The molecule has 3 heterocycles. The molecule has 1 aliphatic heterocycles. The summed E-state index contributed by atoms with van der Waals surface area (Å²) < 4.78 is 0.842. The summed E-state index contributed by atoms with van der Waals surface area (Å²) in [6, 6.07) is 12.7. The summed E-state index contributed by atoms with van der Waals surface area (Å²) in [5.74, 6) is 1.78. The highest BCUT2D eigenvalue weighted by Gasteiger charge is 2.26. The van der Waals surface area contributed by atoms with Gasteiger partial charge in [0, 0.05) is 46.2 Å². The summed E-state index contributed by atoms with van der Waals surface area (Å²) >= 11 is 1.52. The number of anilines is 2. The van der Waals surface area contributed by atoms with E-state index >= 15 is 0 Å². The number of amides is 1. The maximum Gasteiger partial charge on any atom is 0.488 e. The van der Waals surface area contributed by atoms with Gasteiger partial charge >= 0.3 is 7.12 Å². The fraction of sp³-hybridized carbons (Fsp3) is 0.208. The molecule has 4 aromatic rings. The van der Waals surface area contributed by atoms with Crippen molar-refractivity contribution in [2.45, 2.75) is 19.9 Å². The number of hydrogen-bond acceptors (Lipinski definition) is 8. The molecular weight excluding hydrogens is 449 g/mol. The Hall–Kier alpha value is -3.47. The second-order valence-electron chi connectivity index (χ2n) is 8.42. The minimum Gasteiger partial charge on any atom is -0.423 e. The third kappa shape index (κ3) is 3.89. The highest BCUT2D eigenvalue weighted by Crippen LogP contribution is 2.41. The lowest BCUT2D eigenvalue weighted by Gasteiger charge is -2.15. The van der Waals surface area contributed by atoms with E-state index in [9.17, 15) is 14.8 Å². The van der Waals surface area contributed by atoms with Crippen molar-refractivity contribution in [3.63, 3.8) is 0 Å². The van der Waals surface area contributed by atoms with Crippen LogP contribution in [0.5, 0.6) is 0 Å². The number of aromatic nitrogens is 2. The van der Waals surface area contributed by atoms with Crippen molar-refractivity contribution in [1.82, 2.24) is 9.97 Å². The van der Waals surface area contributed by atoms with Crippen LogP contribution in [-0.2, 0) is 13.0 Å². The lowest BCUT2D eigenvalue weighted by molar-refractivity contribution is 0.100. The zero-order chi connectivity index (χ0) is 24.0. The third-order valence-electron chi connectivity index (χ3n) is 6.13. The Morgan fingerprint density at radius 1 is 1.24 bits per heavy atom. The van der Waals surface area contributed by atoms with Gasteiger partial charge in [0.2, 0.25) is 5.91 Å². The van der Waals surface area contributed by atoms with Crippen LogP contribution in [0.25, 0.3) is 21.5 Å². The van der Waals surface area contributed by atoms with E-state index in [1.807, 2.05) is 32.2 Å². The third-order valence-corrected chi connectivity index (χ3v) is 7.29. The van der Waals surface area contributed by atoms with Crippen molar-refractivity contribution < 1.29 is 14.8 Å². The number of aryl methyl sites for hydroxylation is 1. The molecule has 1 amide bonds. The van der Waals surface area contributed by atoms with Gasteiger partial charge in [0.15, 0.2) is 5.82 Å². The lowest BCUT2D eigenvalue weighted by Crippen LogP contribution is -2.30.